The monoisotopic (exact) mass is 294 g/mol. The number of nitrogens with one attached hydrogen (secondary N) is 1. The number of rotatable bonds is 3. The molecule has 0 aliphatic carbocycles. The smallest absolute Gasteiger partial charge is 0.329 e. The fourth-order valence-electron chi connectivity index (χ4n) is 2.26. The Kier molecular flexibility index (Phi) is 3.62. The standard InChI is InChI=1S/C17H14N2O3/c1-12(20)22-19-11-15(14-9-5-6-10-16(14)19)17(21)18-13-7-3-2-4-8-13/h2-11H,1H3,(H,18,21). The van der Waals surface area contributed by atoms with Gasteiger partial charge in [0.15, 0.2) is 0 Å². The molecule has 3 rings (SSSR count). The van der Waals surface area contributed by atoms with Crippen LogP contribution < -0.4 is 10.2 Å². The van der Waals surface area contributed by atoms with Crippen LogP contribution in [0.1, 0.15) is 17.3 Å². The summed E-state index contributed by atoms with van der Waals surface area (Å²) in [6.45, 7) is 1.32. The average molecular weight is 294 g/mol. The van der Waals surface area contributed by atoms with Crippen molar-refractivity contribution >= 4 is 28.5 Å². The highest BCUT2D eigenvalue weighted by atomic mass is 16.7. The molecule has 0 aliphatic heterocycles. The van der Waals surface area contributed by atoms with E-state index in [0.29, 0.717) is 16.8 Å². The van der Waals surface area contributed by atoms with Crippen molar-refractivity contribution in [3.05, 3.63) is 66.4 Å². The number of hydrogen-bond donors (Lipinski definition) is 1. The van der Waals surface area contributed by atoms with Crippen LogP contribution in [0.15, 0.2) is 60.8 Å². The zero-order chi connectivity index (χ0) is 15.5. The van der Waals surface area contributed by atoms with Gasteiger partial charge in [-0.3, -0.25) is 4.79 Å². The topological polar surface area (TPSA) is 60.3 Å². The van der Waals surface area contributed by atoms with E-state index in [9.17, 15) is 9.59 Å². The lowest BCUT2D eigenvalue weighted by molar-refractivity contribution is -0.140. The first-order chi connectivity index (χ1) is 10.6. The summed E-state index contributed by atoms with van der Waals surface area (Å²) in [7, 11) is 0. The summed E-state index contributed by atoms with van der Waals surface area (Å²) in [5.41, 5.74) is 1.81. The van der Waals surface area contributed by atoms with Crippen molar-refractivity contribution in [3.8, 4) is 0 Å². The third-order valence-corrected chi connectivity index (χ3v) is 3.18. The molecule has 1 aromatic heterocycles. The van der Waals surface area contributed by atoms with Crippen molar-refractivity contribution < 1.29 is 14.4 Å². The van der Waals surface area contributed by atoms with Crippen LogP contribution in [0.4, 0.5) is 5.69 Å². The van der Waals surface area contributed by atoms with E-state index in [-0.39, 0.29) is 5.91 Å². The van der Waals surface area contributed by atoms with Crippen LogP contribution in [0.25, 0.3) is 10.9 Å². The van der Waals surface area contributed by atoms with Gasteiger partial charge >= 0.3 is 5.97 Å². The molecule has 1 N–H and O–H groups in total. The van der Waals surface area contributed by atoms with E-state index in [0.717, 1.165) is 5.39 Å². The molecular weight excluding hydrogens is 280 g/mol. The maximum Gasteiger partial charge on any atom is 0.329 e. The minimum Gasteiger partial charge on any atom is -0.337 e. The molecule has 0 unspecified atom stereocenters. The number of benzene rings is 2. The fraction of sp³-hybridized carbons (Fsp3) is 0.0588. The van der Waals surface area contributed by atoms with Crippen LogP contribution in [-0.2, 0) is 4.79 Å². The molecule has 0 spiro atoms. The van der Waals surface area contributed by atoms with E-state index in [1.165, 1.54) is 17.9 Å². The maximum atomic E-state index is 12.5. The molecule has 0 fully saturated rings. The number of hydrogen-bond acceptors (Lipinski definition) is 3. The number of carbonyl (C=O) groups excluding carboxylic acids is 2. The van der Waals surface area contributed by atoms with Crippen molar-refractivity contribution in [2.75, 3.05) is 5.32 Å². The SMILES string of the molecule is CC(=O)On1cc(C(=O)Nc2ccccc2)c2ccccc21. The average Bonchev–Trinajstić information content (AvgIpc) is 2.87. The minimum absolute atomic E-state index is 0.256. The van der Waals surface area contributed by atoms with E-state index in [1.54, 1.807) is 6.07 Å². The highest BCUT2D eigenvalue weighted by Gasteiger charge is 2.16. The van der Waals surface area contributed by atoms with Crippen molar-refractivity contribution in [1.82, 2.24) is 4.73 Å². The predicted molar refractivity (Wildman–Crippen MR) is 83.6 cm³/mol. The zero-order valence-corrected chi connectivity index (χ0v) is 11.9. The Labute approximate surface area is 127 Å². The molecule has 5 heteroatoms. The van der Waals surface area contributed by atoms with E-state index in [2.05, 4.69) is 5.32 Å². The summed E-state index contributed by atoms with van der Waals surface area (Å²) in [4.78, 5) is 28.8. The second kappa shape index (κ2) is 5.73. The Balaban J connectivity index is 1.99. The normalized spacial score (nSPS) is 10.4. The Hall–Kier alpha value is -3.08. The highest BCUT2D eigenvalue weighted by Crippen LogP contribution is 2.21. The molecule has 3 aromatic rings. The number of anilines is 1. The third-order valence-electron chi connectivity index (χ3n) is 3.18. The van der Waals surface area contributed by atoms with Gasteiger partial charge in [0.1, 0.15) is 0 Å². The molecule has 0 bridgehead atoms. The Morgan fingerprint density at radius 2 is 1.68 bits per heavy atom. The number of nitrogens with zero attached hydrogens (tertiary/aromatic N) is 1. The van der Waals surface area contributed by atoms with Crippen molar-refractivity contribution in [2.45, 2.75) is 6.92 Å². The molecule has 0 aliphatic rings. The first-order valence-electron chi connectivity index (χ1n) is 6.80. The number of para-hydroxylation sites is 2. The van der Waals surface area contributed by atoms with Crippen LogP contribution in [-0.4, -0.2) is 16.6 Å². The van der Waals surface area contributed by atoms with Crippen LogP contribution >= 0.6 is 0 Å². The van der Waals surface area contributed by atoms with Crippen LogP contribution in [0.5, 0.6) is 0 Å². The second-order valence-corrected chi connectivity index (χ2v) is 4.79. The largest absolute Gasteiger partial charge is 0.337 e. The van der Waals surface area contributed by atoms with Crippen LogP contribution in [0, 0.1) is 0 Å². The van der Waals surface area contributed by atoms with E-state index in [4.69, 9.17) is 4.84 Å². The van der Waals surface area contributed by atoms with Gasteiger partial charge in [-0.1, -0.05) is 36.4 Å². The highest BCUT2D eigenvalue weighted by molar-refractivity contribution is 6.12. The number of carbonyl (C=O) groups is 2. The summed E-state index contributed by atoms with van der Waals surface area (Å²) < 4.78 is 1.32. The minimum atomic E-state index is -0.448. The Morgan fingerprint density at radius 1 is 1.00 bits per heavy atom. The molecule has 0 saturated heterocycles. The van der Waals surface area contributed by atoms with Crippen molar-refractivity contribution in [3.63, 3.8) is 0 Å². The van der Waals surface area contributed by atoms with Crippen LogP contribution in [0.3, 0.4) is 0 Å². The second-order valence-electron chi connectivity index (χ2n) is 4.79. The Morgan fingerprint density at radius 3 is 2.41 bits per heavy atom. The lowest BCUT2D eigenvalue weighted by Crippen LogP contribution is -2.16. The van der Waals surface area contributed by atoms with Gasteiger partial charge in [-0.25, -0.2) is 4.79 Å². The molecule has 1 heterocycles. The first kappa shape index (κ1) is 13.9. The summed E-state index contributed by atoms with van der Waals surface area (Å²) in [5.74, 6) is -0.705. The van der Waals surface area contributed by atoms with E-state index < -0.39 is 5.97 Å². The van der Waals surface area contributed by atoms with E-state index >= 15 is 0 Å². The van der Waals surface area contributed by atoms with Crippen molar-refractivity contribution in [1.29, 1.82) is 0 Å². The van der Waals surface area contributed by atoms with Gasteiger partial charge in [-0.05, 0) is 18.2 Å². The molecule has 110 valence electrons. The molecular formula is C17H14N2O3. The molecule has 2 aromatic carbocycles. The summed E-state index contributed by atoms with van der Waals surface area (Å²) in [6.07, 6.45) is 1.52. The van der Waals surface area contributed by atoms with Gasteiger partial charge in [-0.15, -0.1) is 0 Å². The lowest BCUT2D eigenvalue weighted by atomic mass is 10.1. The molecule has 0 saturated carbocycles. The quantitative estimate of drug-likeness (QED) is 0.808. The van der Waals surface area contributed by atoms with Gasteiger partial charge in [0, 0.05) is 18.0 Å². The van der Waals surface area contributed by atoms with Gasteiger partial charge in [0.05, 0.1) is 17.3 Å². The first-order valence-corrected chi connectivity index (χ1v) is 6.80. The molecule has 22 heavy (non-hydrogen) atoms. The van der Waals surface area contributed by atoms with Gasteiger partial charge in [0.25, 0.3) is 5.91 Å². The third kappa shape index (κ3) is 2.69. The van der Waals surface area contributed by atoms with Crippen molar-refractivity contribution in [2.24, 2.45) is 0 Å². The van der Waals surface area contributed by atoms with Gasteiger partial charge in [-0.2, -0.15) is 4.73 Å². The molecule has 1 amide bonds. The van der Waals surface area contributed by atoms with Gasteiger partial charge in [0.2, 0.25) is 0 Å². The van der Waals surface area contributed by atoms with E-state index in [1.807, 2.05) is 48.5 Å². The summed E-state index contributed by atoms with van der Waals surface area (Å²) in [5, 5.41) is 3.54. The number of aromatic nitrogens is 1. The lowest BCUT2D eigenvalue weighted by Gasteiger charge is -2.03. The zero-order valence-electron chi connectivity index (χ0n) is 11.9. The number of amides is 1. The molecule has 5 nitrogen and oxygen atoms in total. The number of fused-ring (bicyclic) bond motifs is 1. The fourth-order valence-corrected chi connectivity index (χ4v) is 2.26. The summed E-state index contributed by atoms with van der Waals surface area (Å²) in [6, 6.07) is 16.4. The molecule has 0 radical (unpaired) electrons. The van der Waals surface area contributed by atoms with Gasteiger partial charge < -0.3 is 10.2 Å². The van der Waals surface area contributed by atoms with Crippen LogP contribution in [0.2, 0.25) is 0 Å². The molecule has 0 atom stereocenters. The Bertz CT molecular complexity index is 837. The maximum absolute atomic E-state index is 12.5. The predicted octanol–water partition coefficient (Wildman–Crippen LogP) is 2.87. The summed E-state index contributed by atoms with van der Waals surface area (Å²) >= 11 is 0.